The summed E-state index contributed by atoms with van der Waals surface area (Å²) >= 11 is 1.81. The monoisotopic (exact) mass is 289 g/mol. The summed E-state index contributed by atoms with van der Waals surface area (Å²) < 4.78 is 5.80. The molecule has 0 saturated heterocycles. The Labute approximate surface area is 125 Å². The van der Waals surface area contributed by atoms with Crippen LogP contribution in [-0.2, 0) is 13.2 Å². The molecule has 0 saturated carbocycles. The highest BCUT2D eigenvalue weighted by Crippen LogP contribution is 2.20. The second-order valence-corrected chi connectivity index (χ2v) is 7.33. The van der Waals surface area contributed by atoms with Crippen LogP contribution in [0.5, 0.6) is 5.75 Å². The number of aryl methyl sites for hydroxylation is 1. The quantitative estimate of drug-likeness (QED) is 0.873. The second-order valence-electron chi connectivity index (χ2n) is 6.07. The van der Waals surface area contributed by atoms with Crippen molar-refractivity contribution >= 4 is 11.3 Å². The van der Waals surface area contributed by atoms with E-state index in [2.05, 4.69) is 57.3 Å². The topological polar surface area (TPSA) is 21.3 Å². The molecule has 1 aromatic carbocycles. The summed E-state index contributed by atoms with van der Waals surface area (Å²) in [5, 5.41) is 3.50. The Balaban J connectivity index is 1.85. The van der Waals surface area contributed by atoms with Gasteiger partial charge in [0.05, 0.1) is 0 Å². The maximum Gasteiger partial charge on any atom is 0.122 e. The van der Waals surface area contributed by atoms with E-state index in [4.69, 9.17) is 4.74 Å². The largest absolute Gasteiger partial charge is 0.488 e. The minimum Gasteiger partial charge on any atom is -0.488 e. The van der Waals surface area contributed by atoms with Crippen LogP contribution in [0.1, 0.15) is 36.1 Å². The number of benzene rings is 1. The first-order valence-corrected chi connectivity index (χ1v) is 7.76. The first kappa shape index (κ1) is 15.1. The van der Waals surface area contributed by atoms with Crippen LogP contribution in [0.3, 0.4) is 0 Å². The van der Waals surface area contributed by atoms with E-state index in [1.54, 1.807) is 0 Å². The Hall–Kier alpha value is -1.32. The van der Waals surface area contributed by atoms with Gasteiger partial charge in [-0.05, 0) is 52.0 Å². The number of nitrogens with one attached hydrogen (secondary N) is 1. The Bertz CT molecular complexity index is 537. The van der Waals surface area contributed by atoms with Crippen LogP contribution in [0.4, 0.5) is 0 Å². The minimum atomic E-state index is 0.155. The van der Waals surface area contributed by atoms with E-state index in [9.17, 15) is 0 Å². The van der Waals surface area contributed by atoms with Crippen LogP contribution in [-0.4, -0.2) is 5.54 Å². The van der Waals surface area contributed by atoms with Gasteiger partial charge in [-0.3, -0.25) is 0 Å². The summed E-state index contributed by atoms with van der Waals surface area (Å²) in [4.78, 5) is 2.61. The lowest BCUT2D eigenvalue weighted by Gasteiger charge is -2.19. The number of hydrogen-bond acceptors (Lipinski definition) is 3. The fourth-order valence-corrected chi connectivity index (χ4v) is 2.61. The third-order valence-corrected chi connectivity index (χ3v) is 3.97. The number of rotatable bonds is 5. The number of ether oxygens (including phenoxy) is 1. The molecule has 0 fully saturated rings. The third-order valence-electron chi connectivity index (χ3n) is 2.91. The SMILES string of the molecule is Cc1ccc(OCc2ccc(CNC(C)(C)C)s2)cc1. The van der Waals surface area contributed by atoms with Crippen LogP contribution in [0, 0.1) is 6.92 Å². The van der Waals surface area contributed by atoms with Gasteiger partial charge < -0.3 is 10.1 Å². The van der Waals surface area contributed by atoms with Crippen LogP contribution in [0.2, 0.25) is 0 Å². The molecule has 0 bridgehead atoms. The third kappa shape index (κ3) is 4.99. The summed E-state index contributed by atoms with van der Waals surface area (Å²) in [5.74, 6) is 0.929. The lowest BCUT2D eigenvalue weighted by molar-refractivity contribution is 0.310. The molecule has 3 heteroatoms. The Kier molecular flexibility index (Phi) is 4.84. The summed E-state index contributed by atoms with van der Waals surface area (Å²) in [5.41, 5.74) is 1.41. The predicted octanol–water partition coefficient (Wildman–Crippen LogP) is 4.52. The van der Waals surface area contributed by atoms with E-state index >= 15 is 0 Å². The molecule has 0 amide bonds. The summed E-state index contributed by atoms with van der Waals surface area (Å²) in [7, 11) is 0. The first-order chi connectivity index (χ1) is 9.42. The van der Waals surface area contributed by atoms with E-state index in [1.807, 2.05) is 23.5 Å². The van der Waals surface area contributed by atoms with Crippen LogP contribution in [0.15, 0.2) is 36.4 Å². The van der Waals surface area contributed by atoms with Crippen LogP contribution in [0.25, 0.3) is 0 Å². The van der Waals surface area contributed by atoms with Gasteiger partial charge in [-0.1, -0.05) is 17.7 Å². The average Bonchev–Trinajstić information content (AvgIpc) is 2.83. The van der Waals surface area contributed by atoms with Gasteiger partial charge in [-0.2, -0.15) is 0 Å². The van der Waals surface area contributed by atoms with Crippen molar-refractivity contribution in [3.8, 4) is 5.75 Å². The lowest BCUT2D eigenvalue weighted by atomic mass is 10.1. The average molecular weight is 289 g/mol. The van der Waals surface area contributed by atoms with Gasteiger partial charge >= 0.3 is 0 Å². The van der Waals surface area contributed by atoms with E-state index in [0.717, 1.165) is 12.3 Å². The standard InChI is InChI=1S/C17H23NOS/c1-13-5-7-14(8-6-13)19-12-16-10-9-15(20-16)11-18-17(2,3)4/h5-10,18H,11-12H2,1-4H3. The Morgan fingerprint density at radius 3 is 2.30 bits per heavy atom. The zero-order chi connectivity index (χ0) is 14.6. The maximum absolute atomic E-state index is 5.80. The molecule has 2 aromatic rings. The van der Waals surface area contributed by atoms with Crippen molar-refractivity contribution in [3.05, 3.63) is 51.7 Å². The zero-order valence-corrected chi connectivity index (χ0v) is 13.5. The van der Waals surface area contributed by atoms with Crippen molar-refractivity contribution in [3.63, 3.8) is 0 Å². The molecule has 0 radical (unpaired) electrons. The maximum atomic E-state index is 5.80. The van der Waals surface area contributed by atoms with Crippen molar-refractivity contribution in [1.29, 1.82) is 0 Å². The fourth-order valence-electron chi connectivity index (χ4n) is 1.74. The van der Waals surface area contributed by atoms with E-state index in [1.165, 1.54) is 15.3 Å². The molecule has 0 aliphatic rings. The van der Waals surface area contributed by atoms with Crippen molar-refractivity contribution in [2.45, 2.75) is 46.4 Å². The molecule has 0 unspecified atom stereocenters. The van der Waals surface area contributed by atoms with Crippen LogP contribution >= 0.6 is 11.3 Å². The molecular weight excluding hydrogens is 266 g/mol. The highest BCUT2D eigenvalue weighted by molar-refractivity contribution is 7.11. The molecule has 2 nitrogen and oxygen atoms in total. The Morgan fingerprint density at radius 1 is 1.00 bits per heavy atom. The predicted molar refractivity (Wildman–Crippen MR) is 86.4 cm³/mol. The molecule has 108 valence electrons. The smallest absolute Gasteiger partial charge is 0.122 e. The van der Waals surface area contributed by atoms with Gasteiger partial charge in [0.15, 0.2) is 0 Å². The molecule has 1 heterocycles. The van der Waals surface area contributed by atoms with Gasteiger partial charge in [0, 0.05) is 21.8 Å². The normalized spacial score (nSPS) is 11.6. The molecule has 20 heavy (non-hydrogen) atoms. The molecule has 0 aliphatic heterocycles. The van der Waals surface area contributed by atoms with Gasteiger partial charge in [-0.25, -0.2) is 0 Å². The Morgan fingerprint density at radius 2 is 1.65 bits per heavy atom. The summed E-state index contributed by atoms with van der Waals surface area (Å²) in [6, 6.07) is 12.5. The summed E-state index contributed by atoms with van der Waals surface area (Å²) in [6.45, 7) is 10.2. The molecule has 0 spiro atoms. The molecular formula is C17H23NOS. The number of hydrogen-bond donors (Lipinski definition) is 1. The van der Waals surface area contributed by atoms with Crippen LogP contribution < -0.4 is 10.1 Å². The number of thiophene rings is 1. The molecule has 0 aliphatic carbocycles. The fraction of sp³-hybridized carbons (Fsp3) is 0.412. The minimum absolute atomic E-state index is 0.155. The van der Waals surface area contributed by atoms with E-state index in [-0.39, 0.29) is 5.54 Å². The lowest BCUT2D eigenvalue weighted by Crippen LogP contribution is -2.34. The van der Waals surface area contributed by atoms with Gasteiger partial charge in [0.1, 0.15) is 12.4 Å². The second kappa shape index (κ2) is 6.42. The highest BCUT2D eigenvalue weighted by atomic mass is 32.1. The van der Waals surface area contributed by atoms with Gasteiger partial charge in [-0.15, -0.1) is 11.3 Å². The molecule has 0 atom stereocenters. The summed E-state index contributed by atoms with van der Waals surface area (Å²) in [6.07, 6.45) is 0. The highest BCUT2D eigenvalue weighted by Gasteiger charge is 2.09. The van der Waals surface area contributed by atoms with Crippen molar-refractivity contribution < 1.29 is 4.74 Å². The molecule has 1 N–H and O–H groups in total. The molecule has 1 aromatic heterocycles. The van der Waals surface area contributed by atoms with E-state index < -0.39 is 0 Å². The van der Waals surface area contributed by atoms with Crippen molar-refractivity contribution in [2.75, 3.05) is 0 Å². The van der Waals surface area contributed by atoms with E-state index in [0.29, 0.717) is 6.61 Å². The zero-order valence-electron chi connectivity index (χ0n) is 12.7. The van der Waals surface area contributed by atoms with Crippen molar-refractivity contribution in [1.82, 2.24) is 5.32 Å². The first-order valence-electron chi connectivity index (χ1n) is 6.94. The van der Waals surface area contributed by atoms with Gasteiger partial charge in [0.25, 0.3) is 0 Å². The van der Waals surface area contributed by atoms with Gasteiger partial charge in [0.2, 0.25) is 0 Å². The van der Waals surface area contributed by atoms with Crippen molar-refractivity contribution in [2.24, 2.45) is 0 Å². The molecule has 2 rings (SSSR count).